The van der Waals surface area contributed by atoms with Crippen molar-refractivity contribution in [1.82, 2.24) is 0 Å². The first kappa shape index (κ1) is 9.63. The molecule has 0 spiro atoms. The van der Waals surface area contributed by atoms with Gasteiger partial charge in [-0.15, -0.1) is 0 Å². The number of hydrogen-bond acceptors (Lipinski definition) is 2. The highest BCUT2D eigenvalue weighted by atomic mass is 79.9. The van der Waals surface area contributed by atoms with Gasteiger partial charge in [0.1, 0.15) is 0 Å². The van der Waals surface area contributed by atoms with E-state index in [4.69, 9.17) is 0 Å². The lowest BCUT2D eigenvalue weighted by molar-refractivity contribution is 0.560. The van der Waals surface area contributed by atoms with Crippen LogP contribution in [-0.2, 0) is 11.2 Å². The SMILES string of the molecule is O=C=NCC1CCc2c(Br)cccc21. The summed E-state index contributed by atoms with van der Waals surface area (Å²) in [6, 6.07) is 6.22. The highest BCUT2D eigenvalue weighted by Crippen LogP contribution is 2.37. The molecule has 0 aliphatic heterocycles. The number of isocyanates is 1. The van der Waals surface area contributed by atoms with Crippen molar-refractivity contribution in [3.63, 3.8) is 0 Å². The minimum absolute atomic E-state index is 0.406. The van der Waals surface area contributed by atoms with Gasteiger partial charge in [-0.3, -0.25) is 0 Å². The molecule has 0 bridgehead atoms. The second kappa shape index (κ2) is 4.07. The first-order valence-corrected chi connectivity index (χ1v) is 5.43. The monoisotopic (exact) mass is 251 g/mol. The van der Waals surface area contributed by atoms with E-state index in [1.165, 1.54) is 15.6 Å². The largest absolute Gasteiger partial charge is 0.234 e. The van der Waals surface area contributed by atoms with E-state index in [9.17, 15) is 4.79 Å². The molecule has 2 nitrogen and oxygen atoms in total. The van der Waals surface area contributed by atoms with Crippen molar-refractivity contribution < 1.29 is 4.79 Å². The summed E-state index contributed by atoms with van der Waals surface area (Å²) in [7, 11) is 0. The molecule has 1 aromatic carbocycles. The van der Waals surface area contributed by atoms with Gasteiger partial charge in [-0.2, -0.15) is 0 Å². The molecule has 1 aliphatic rings. The quantitative estimate of drug-likeness (QED) is 0.587. The Morgan fingerprint density at radius 2 is 2.43 bits per heavy atom. The molecule has 0 N–H and O–H groups in total. The van der Waals surface area contributed by atoms with E-state index >= 15 is 0 Å². The van der Waals surface area contributed by atoms with Crippen LogP contribution in [-0.4, -0.2) is 12.6 Å². The molecule has 72 valence electrons. The fourth-order valence-electron chi connectivity index (χ4n) is 2.03. The van der Waals surface area contributed by atoms with Crippen LogP contribution in [0.15, 0.2) is 27.7 Å². The predicted molar refractivity (Wildman–Crippen MR) is 58.2 cm³/mol. The molecule has 1 aromatic rings. The summed E-state index contributed by atoms with van der Waals surface area (Å²) in [5, 5.41) is 0. The van der Waals surface area contributed by atoms with Crippen LogP contribution in [0.4, 0.5) is 0 Å². The Labute approximate surface area is 91.2 Å². The highest BCUT2D eigenvalue weighted by molar-refractivity contribution is 9.10. The zero-order valence-electron chi connectivity index (χ0n) is 7.66. The number of fused-ring (bicyclic) bond motifs is 1. The van der Waals surface area contributed by atoms with Crippen molar-refractivity contribution in [3.8, 4) is 0 Å². The average Bonchev–Trinajstić information content (AvgIpc) is 2.60. The fourth-order valence-corrected chi connectivity index (χ4v) is 2.61. The topological polar surface area (TPSA) is 29.4 Å². The van der Waals surface area contributed by atoms with Gasteiger partial charge in [-0.05, 0) is 30.0 Å². The Morgan fingerprint density at radius 1 is 1.57 bits per heavy atom. The first-order valence-electron chi connectivity index (χ1n) is 4.64. The summed E-state index contributed by atoms with van der Waals surface area (Å²) in [4.78, 5) is 13.7. The molecule has 14 heavy (non-hydrogen) atoms. The number of aliphatic imine (C=N–C) groups is 1. The minimum atomic E-state index is 0.406. The van der Waals surface area contributed by atoms with Gasteiger partial charge in [0.15, 0.2) is 0 Å². The number of halogens is 1. The fraction of sp³-hybridized carbons (Fsp3) is 0.364. The van der Waals surface area contributed by atoms with Gasteiger partial charge in [0.25, 0.3) is 0 Å². The second-order valence-corrected chi connectivity index (χ2v) is 4.33. The van der Waals surface area contributed by atoms with E-state index in [1.54, 1.807) is 6.08 Å². The molecule has 3 heteroatoms. The Hall–Kier alpha value is -0.920. The van der Waals surface area contributed by atoms with Crippen LogP contribution in [0, 0.1) is 0 Å². The van der Waals surface area contributed by atoms with Gasteiger partial charge >= 0.3 is 0 Å². The number of carbonyl (C=O) groups excluding carboxylic acids is 1. The van der Waals surface area contributed by atoms with Gasteiger partial charge in [-0.1, -0.05) is 28.1 Å². The molecule has 1 unspecified atom stereocenters. The maximum Gasteiger partial charge on any atom is 0.234 e. The van der Waals surface area contributed by atoms with Crippen LogP contribution < -0.4 is 0 Å². The maximum absolute atomic E-state index is 10.0. The Kier molecular flexibility index (Phi) is 2.80. The summed E-state index contributed by atoms with van der Waals surface area (Å²) in [6.07, 6.45) is 3.77. The minimum Gasteiger partial charge on any atom is -0.211 e. The molecule has 0 heterocycles. The molecular formula is C11H10BrNO. The standard InChI is InChI=1S/C11H10BrNO/c12-11-3-1-2-9-8(6-13-7-14)4-5-10(9)11/h1-3,8H,4-6H2. The zero-order chi connectivity index (χ0) is 9.97. The summed E-state index contributed by atoms with van der Waals surface area (Å²) in [5.74, 6) is 0.406. The third-order valence-corrected chi connectivity index (χ3v) is 3.46. The van der Waals surface area contributed by atoms with E-state index in [1.807, 2.05) is 6.07 Å². The van der Waals surface area contributed by atoms with Crippen molar-refractivity contribution in [2.24, 2.45) is 4.99 Å². The molecule has 0 radical (unpaired) electrons. The van der Waals surface area contributed by atoms with Crippen molar-refractivity contribution in [2.75, 3.05) is 6.54 Å². The van der Waals surface area contributed by atoms with Crippen LogP contribution in [0.2, 0.25) is 0 Å². The van der Waals surface area contributed by atoms with E-state index in [0.29, 0.717) is 12.5 Å². The summed E-state index contributed by atoms with van der Waals surface area (Å²) in [5.41, 5.74) is 2.71. The molecule has 0 amide bonds. The van der Waals surface area contributed by atoms with E-state index in [2.05, 4.69) is 33.1 Å². The highest BCUT2D eigenvalue weighted by Gasteiger charge is 2.23. The third kappa shape index (κ3) is 1.66. The second-order valence-electron chi connectivity index (χ2n) is 3.48. The normalized spacial score (nSPS) is 18.8. The van der Waals surface area contributed by atoms with Gasteiger partial charge in [-0.25, -0.2) is 9.79 Å². The lowest BCUT2D eigenvalue weighted by Gasteiger charge is -2.07. The summed E-state index contributed by atoms with van der Waals surface area (Å²) >= 11 is 3.53. The van der Waals surface area contributed by atoms with Crippen molar-refractivity contribution in [3.05, 3.63) is 33.8 Å². The Bertz CT molecular complexity index is 396. The predicted octanol–water partition coefficient (Wildman–Crippen LogP) is 2.81. The lowest BCUT2D eigenvalue weighted by atomic mass is 10.0. The number of nitrogens with zero attached hydrogens (tertiary/aromatic N) is 1. The van der Waals surface area contributed by atoms with Gasteiger partial charge in [0.2, 0.25) is 6.08 Å². The Balaban J connectivity index is 2.30. The maximum atomic E-state index is 10.0. The van der Waals surface area contributed by atoms with Crippen LogP contribution in [0.5, 0.6) is 0 Å². The molecule has 0 saturated heterocycles. The van der Waals surface area contributed by atoms with Crippen LogP contribution >= 0.6 is 15.9 Å². The van der Waals surface area contributed by atoms with Gasteiger partial charge in [0, 0.05) is 10.4 Å². The molecule has 2 rings (SSSR count). The molecule has 0 saturated carbocycles. The molecular weight excluding hydrogens is 242 g/mol. The number of hydrogen-bond donors (Lipinski definition) is 0. The Morgan fingerprint density at radius 3 is 3.21 bits per heavy atom. The van der Waals surface area contributed by atoms with Crippen LogP contribution in [0.3, 0.4) is 0 Å². The molecule has 0 aromatic heterocycles. The smallest absolute Gasteiger partial charge is 0.211 e. The zero-order valence-corrected chi connectivity index (χ0v) is 9.25. The van der Waals surface area contributed by atoms with E-state index in [0.717, 1.165) is 12.8 Å². The average molecular weight is 252 g/mol. The number of benzene rings is 1. The van der Waals surface area contributed by atoms with Crippen molar-refractivity contribution in [1.29, 1.82) is 0 Å². The van der Waals surface area contributed by atoms with Crippen LogP contribution in [0.1, 0.15) is 23.5 Å². The van der Waals surface area contributed by atoms with Crippen molar-refractivity contribution >= 4 is 22.0 Å². The lowest BCUT2D eigenvalue weighted by Crippen LogP contribution is -1.97. The molecule has 0 fully saturated rings. The van der Waals surface area contributed by atoms with Gasteiger partial charge in [0.05, 0.1) is 6.54 Å². The van der Waals surface area contributed by atoms with E-state index < -0.39 is 0 Å². The third-order valence-electron chi connectivity index (χ3n) is 2.71. The number of rotatable bonds is 2. The van der Waals surface area contributed by atoms with Crippen molar-refractivity contribution in [2.45, 2.75) is 18.8 Å². The van der Waals surface area contributed by atoms with Gasteiger partial charge < -0.3 is 0 Å². The van der Waals surface area contributed by atoms with Crippen LogP contribution in [0.25, 0.3) is 0 Å². The summed E-state index contributed by atoms with van der Waals surface area (Å²) < 4.78 is 1.17. The summed E-state index contributed by atoms with van der Waals surface area (Å²) in [6.45, 7) is 0.576. The molecule has 1 aliphatic carbocycles. The first-order chi connectivity index (χ1) is 6.83. The molecule has 1 atom stereocenters. The van der Waals surface area contributed by atoms with E-state index in [-0.39, 0.29) is 0 Å².